The van der Waals surface area contributed by atoms with Crippen molar-refractivity contribution >= 4 is 57.8 Å². The number of pyridine rings is 3. The lowest BCUT2D eigenvalue weighted by Crippen LogP contribution is -2.58. The van der Waals surface area contributed by atoms with Gasteiger partial charge in [-0.1, -0.05) is 26.5 Å². The molecule has 69 heavy (non-hydrogen) atoms. The van der Waals surface area contributed by atoms with Crippen LogP contribution in [0.1, 0.15) is 87.3 Å². The van der Waals surface area contributed by atoms with Crippen LogP contribution in [0.15, 0.2) is 78.5 Å². The molecule has 0 radical (unpaired) electrons. The van der Waals surface area contributed by atoms with Gasteiger partial charge in [0.15, 0.2) is 0 Å². The molecule has 0 bridgehead atoms. The number of aliphatic hydroxyl groups excluding tert-OH is 1. The lowest BCUT2D eigenvalue weighted by Gasteiger charge is -2.48. The first-order valence-electron chi connectivity index (χ1n) is 24.2. The Balaban J connectivity index is 0.852. The van der Waals surface area contributed by atoms with Crippen LogP contribution < -0.4 is 36.2 Å². The van der Waals surface area contributed by atoms with Crippen molar-refractivity contribution in [1.29, 1.82) is 0 Å². The maximum atomic E-state index is 14.1. The van der Waals surface area contributed by atoms with E-state index < -0.39 is 5.41 Å². The Morgan fingerprint density at radius 1 is 0.942 bits per heavy atom. The molecule has 3 atom stereocenters. The van der Waals surface area contributed by atoms with Crippen molar-refractivity contribution in [2.75, 3.05) is 63.4 Å². The second-order valence-electron chi connectivity index (χ2n) is 21.0. The fourth-order valence-corrected chi connectivity index (χ4v) is 11.7. The Labute approximate surface area is 403 Å². The van der Waals surface area contributed by atoms with E-state index >= 15 is 0 Å². The number of nitrogens with one attached hydrogen (secondary N) is 3. The van der Waals surface area contributed by atoms with E-state index in [2.05, 4.69) is 92.7 Å². The van der Waals surface area contributed by atoms with Gasteiger partial charge >= 0.3 is 0 Å². The van der Waals surface area contributed by atoms with Crippen LogP contribution in [0.4, 0.5) is 40.1 Å². The van der Waals surface area contributed by atoms with Gasteiger partial charge in [-0.05, 0) is 112 Å². The predicted molar refractivity (Wildman–Crippen MR) is 271 cm³/mol. The molecule has 5 aromatic rings. The molecule has 4 aromatic heterocycles. The van der Waals surface area contributed by atoms with Gasteiger partial charge < -0.3 is 40.0 Å². The highest BCUT2D eigenvalue weighted by molar-refractivity contribution is 6.07. The Hall–Kier alpha value is -6.78. The summed E-state index contributed by atoms with van der Waals surface area (Å²) in [6.07, 6.45) is 10.2. The van der Waals surface area contributed by atoms with Gasteiger partial charge in [0, 0.05) is 111 Å². The largest absolute Gasteiger partial charge is 0.392 e. The van der Waals surface area contributed by atoms with Gasteiger partial charge in [-0.3, -0.25) is 29.0 Å². The third kappa shape index (κ3) is 8.16. The predicted octanol–water partition coefficient (Wildman–Crippen LogP) is 6.59. The van der Waals surface area contributed by atoms with Crippen LogP contribution in [0.3, 0.4) is 0 Å². The second kappa shape index (κ2) is 17.3. The number of anilines is 7. The fourth-order valence-electron chi connectivity index (χ4n) is 11.7. The van der Waals surface area contributed by atoms with Gasteiger partial charge in [0.1, 0.15) is 23.0 Å². The zero-order valence-electron chi connectivity index (χ0n) is 40.7. The molecule has 360 valence electrons. The summed E-state index contributed by atoms with van der Waals surface area (Å²) in [6, 6.07) is 14.5. The highest BCUT2D eigenvalue weighted by atomic mass is 16.3. The van der Waals surface area contributed by atoms with E-state index in [1.807, 2.05) is 19.9 Å². The van der Waals surface area contributed by atoms with E-state index in [0.29, 0.717) is 64.9 Å². The summed E-state index contributed by atoms with van der Waals surface area (Å²) >= 11 is 0. The topological polar surface area (TPSA) is 173 Å². The SMILES string of the molecule is C=CC(=O)Nc1cc(Nc2cc(-c3ccnc(N4CCn5c(cc6c5CC(C)(C)C6)C4=O)c3CO)cn(C)c2=O)ncc1N1CCN(C2CCN(c3ccc4c(c3)NC(=O)C4(C)C)[C@@H](C)C2)C[C@@H]1C. The van der Waals surface area contributed by atoms with Gasteiger partial charge in [-0.2, -0.15) is 0 Å². The maximum absolute atomic E-state index is 14.1. The van der Waals surface area contributed by atoms with Crippen LogP contribution in [0, 0.1) is 5.41 Å². The van der Waals surface area contributed by atoms with E-state index in [0.717, 1.165) is 74.5 Å². The lowest BCUT2D eigenvalue weighted by atomic mass is 9.86. The summed E-state index contributed by atoms with van der Waals surface area (Å²) < 4.78 is 3.62. The van der Waals surface area contributed by atoms with Crippen LogP contribution in [0.25, 0.3) is 11.1 Å². The zero-order valence-corrected chi connectivity index (χ0v) is 40.7. The number of amides is 3. The minimum atomic E-state index is -0.530. The number of aliphatic hydroxyl groups is 1. The van der Waals surface area contributed by atoms with Crippen LogP contribution in [0.2, 0.25) is 0 Å². The standard InChI is InChI=1S/C53H63N11O5/c1-9-47(66)57-41-24-46(55-27-45(41)62-17-16-60(28-32(62)3)35-13-15-61(31(2)20-35)36-10-11-39-40(23-36)58-51(69)53(39,6)7)56-42-21-34(29-59(8)49(42)67)37-12-14-54-48(38(37)30-65)64-19-18-63-43(50(64)68)22-33-25-52(4,5)26-44(33)63/h9-12,14,21-24,27,29,31-32,35,65H,1,13,15-20,25-26,28,30H2,2-8H3,(H,58,69)(H2,55,56,57,66)/t31-,32-,35?/m0/s1. The first-order chi connectivity index (χ1) is 32.9. The van der Waals surface area contributed by atoms with Crippen LogP contribution in [-0.4, -0.2) is 97.7 Å². The van der Waals surface area contributed by atoms with Crippen LogP contribution in [-0.2, 0) is 48.0 Å². The van der Waals surface area contributed by atoms with Gasteiger partial charge in [0.2, 0.25) is 11.8 Å². The average molecular weight is 934 g/mol. The number of carbonyl (C=O) groups is 3. The number of benzene rings is 1. The van der Waals surface area contributed by atoms with Crippen molar-refractivity contribution in [2.45, 2.75) is 104 Å². The van der Waals surface area contributed by atoms with Crippen molar-refractivity contribution in [2.24, 2.45) is 12.5 Å². The van der Waals surface area contributed by atoms with Gasteiger partial charge in [0.25, 0.3) is 11.5 Å². The maximum Gasteiger partial charge on any atom is 0.276 e. The summed E-state index contributed by atoms with van der Waals surface area (Å²) in [5.74, 6) is 0.255. The number of hydrogen-bond donors (Lipinski definition) is 4. The van der Waals surface area contributed by atoms with Crippen molar-refractivity contribution in [3.05, 3.63) is 112 Å². The van der Waals surface area contributed by atoms with Crippen molar-refractivity contribution in [1.82, 2.24) is 24.0 Å². The van der Waals surface area contributed by atoms with Crippen LogP contribution in [0.5, 0.6) is 0 Å². The monoisotopic (exact) mass is 934 g/mol. The number of fused-ring (bicyclic) bond motifs is 4. The molecule has 1 aliphatic carbocycles. The number of piperidine rings is 1. The molecule has 1 unspecified atom stereocenters. The molecule has 10 rings (SSSR count). The average Bonchev–Trinajstić information content (AvgIpc) is 3.90. The van der Waals surface area contributed by atoms with Gasteiger partial charge in [0.05, 0.1) is 29.6 Å². The van der Waals surface area contributed by atoms with E-state index in [4.69, 9.17) is 4.98 Å². The summed E-state index contributed by atoms with van der Waals surface area (Å²) in [4.78, 5) is 71.7. The molecule has 8 heterocycles. The van der Waals surface area contributed by atoms with Crippen LogP contribution >= 0.6 is 0 Å². The Morgan fingerprint density at radius 3 is 2.51 bits per heavy atom. The third-order valence-electron chi connectivity index (χ3n) is 15.3. The highest BCUT2D eigenvalue weighted by Gasteiger charge is 2.41. The zero-order chi connectivity index (χ0) is 48.7. The minimum Gasteiger partial charge on any atom is -0.392 e. The third-order valence-corrected chi connectivity index (χ3v) is 15.3. The highest BCUT2D eigenvalue weighted by Crippen LogP contribution is 2.43. The number of rotatable bonds is 10. The van der Waals surface area contributed by atoms with Crippen molar-refractivity contribution in [3.8, 4) is 11.1 Å². The molecular formula is C53H63N11O5. The fraction of sp³-hybridized carbons (Fsp3) is 0.434. The Bertz CT molecular complexity index is 2990. The summed E-state index contributed by atoms with van der Waals surface area (Å²) in [5.41, 5.74) is 8.80. The molecule has 16 heteroatoms. The lowest BCUT2D eigenvalue weighted by molar-refractivity contribution is -0.119. The van der Waals surface area contributed by atoms with Gasteiger partial charge in [-0.25, -0.2) is 9.97 Å². The number of hydrogen-bond acceptors (Lipinski definition) is 11. The van der Waals surface area contributed by atoms with Crippen molar-refractivity contribution in [3.63, 3.8) is 0 Å². The van der Waals surface area contributed by atoms with E-state index in [1.165, 1.54) is 21.9 Å². The summed E-state index contributed by atoms with van der Waals surface area (Å²) in [7, 11) is 1.66. The van der Waals surface area contributed by atoms with Gasteiger partial charge in [-0.15, -0.1) is 0 Å². The number of piperazine rings is 1. The molecule has 5 aliphatic rings. The quantitative estimate of drug-likeness (QED) is 0.111. The molecule has 3 amide bonds. The van der Waals surface area contributed by atoms with E-state index in [-0.39, 0.29) is 47.0 Å². The number of carbonyl (C=O) groups excluding carboxylic acids is 3. The number of nitrogens with zero attached hydrogens (tertiary/aromatic N) is 8. The number of aromatic nitrogens is 4. The first-order valence-corrected chi connectivity index (χ1v) is 24.2. The van der Waals surface area contributed by atoms with E-state index in [1.54, 1.807) is 48.7 Å². The molecule has 16 nitrogen and oxygen atoms in total. The number of aryl methyl sites for hydroxylation is 1. The Kier molecular flexibility index (Phi) is 11.5. The normalized spacial score (nSPS) is 21.7. The molecule has 0 saturated carbocycles. The first kappa shape index (κ1) is 46.0. The molecular weight excluding hydrogens is 871 g/mol. The molecule has 2 fully saturated rings. The Morgan fingerprint density at radius 2 is 1.75 bits per heavy atom. The summed E-state index contributed by atoms with van der Waals surface area (Å²) in [5, 5.41) is 20.2. The summed E-state index contributed by atoms with van der Waals surface area (Å²) in [6.45, 7) is 20.6. The molecule has 0 spiro atoms. The molecule has 1 aromatic carbocycles. The molecule has 4 aliphatic heterocycles. The second-order valence-corrected chi connectivity index (χ2v) is 21.0. The minimum absolute atomic E-state index is 0.0360. The van der Waals surface area contributed by atoms with E-state index in [9.17, 15) is 24.3 Å². The van der Waals surface area contributed by atoms with Crippen molar-refractivity contribution < 1.29 is 19.5 Å². The smallest absolute Gasteiger partial charge is 0.276 e. The molecule has 4 N–H and O–H groups in total. The molecule has 2 saturated heterocycles.